The third kappa shape index (κ3) is 15.8. The molecule has 0 aliphatic heterocycles. The number of thiol groups is 2. The zero-order chi connectivity index (χ0) is 3.41. The molecule has 0 heterocycles. The summed E-state index contributed by atoms with van der Waals surface area (Å²) >= 11 is 7.45. The van der Waals surface area contributed by atoms with E-state index in [2.05, 4.69) is 23.3 Å². The van der Waals surface area contributed by atoms with Crippen LogP contribution >= 0.6 is 43.0 Å². The fraction of sp³-hybridized carbons (Fsp3) is 0. The van der Waals surface area contributed by atoms with Crippen LogP contribution in [0.2, 0.25) is 0 Å². The largest absolute Gasteiger partial charge is 1.00 e. The van der Waals surface area contributed by atoms with Gasteiger partial charge in [0.25, 0.3) is 0 Å². The fourth-order valence-electron chi connectivity index (χ4n) is 0. The molecule has 0 aromatic carbocycles. The smallest absolute Gasteiger partial charge is 1.00 e. The monoisotopic (exact) mass is 205 g/mol. The molecule has 33 valence electrons. The van der Waals surface area contributed by atoms with Crippen molar-refractivity contribution < 1.29 is 49.5 Å². The maximum Gasteiger partial charge on any atom is 1.00 e. The van der Waals surface area contributed by atoms with Gasteiger partial charge in [-0.25, -0.2) is 0 Å². The minimum absolute atomic E-state index is 0. The average Bonchev–Trinajstić information content (AvgIpc) is 1.37. The Morgan fingerprint density at radius 1 is 1.17 bits per heavy atom. The predicted molar refractivity (Wildman–Crippen MR) is 34.3 cm³/mol. The Morgan fingerprint density at radius 2 is 1.33 bits per heavy atom. The maximum atomic E-state index is 3.72. The molecule has 0 aliphatic rings. The van der Waals surface area contributed by atoms with Crippen molar-refractivity contribution in [3.8, 4) is 0 Å². The molecule has 6 heavy (non-hydrogen) atoms. The first-order valence-electron chi connectivity index (χ1n) is 0.532. The minimum Gasteiger partial charge on any atom is -1.00 e. The Labute approximate surface area is 91.0 Å². The molecule has 0 fully saturated rings. The number of rotatable bonds is 1. The van der Waals surface area contributed by atoms with E-state index in [0.717, 1.165) is 0 Å². The Morgan fingerprint density at radius 3 is 1.33 bits per heavy atom. The van der Waals surface area contributed by atoms with Crippen molar-refractivity contribution in [2.45, 2.75) is 0 Å². The summed E-state index contributed by atoms with van der Waals surface area (Å²) in [5, 5.41) is 0. The summed E-state index contributed by atoms with van der Waals surface area (Å²) in [5.41, 5.74) is 0. The molecule has 0 N–H and O–H groups in total. The van der Waals surface area contributed by atoms with E-state index < -0.39 is 0 Å². The van der Waals surface area contributed by atoms with Gasteiger partial charge in [-0.1, -0.05) is 23.3 Å². The van der Waals surface area contributed by atoms with Crippen LogP contribution in [0.3, 0.4) is 0 Å². The molecule has 0 aromatic rings. The van der Waals surface area contributed by atoms with E-state index in [-0.39, 0.29) is 49.5 Å². The van der Waals surface area contributed by atoms with Crippen molar-refractivity contribution in [1.29, 1.82) is 0 Å². The van der Waals surface area contributed by atoms with E-state index >= 15 is 0 Å². The third-order valence-corrected chi connectivity index (χ3v) is 2.70. The van der Waals surface area contributed by atoms with Crippen molar-refractivity contribution in [2.75, 3.05) is 0 Å². The van der Waals surface area contributed by atoms with Gasteiger partial charge in [-0.05, 0) is 19.7 Å². The van der Waals surface area contributed by atoms with Gasteiger partial charge in [0.15, 0.2) is 0 Å². The second-order valence-electron chi connectivity index (χ2n) is 0.149. The Kier molecular flexibility index (Phi) is 41.8. The normalized spacial score (nSPS) is 5.00. The summed E-state index contributed by atoms with van der Waals surface area (Å²) in [6.45, 7) is 0. The van der Waals surface area contributed by atoms with Crippen LogP contribution in [0.4, 0.5) is 0 Å². The molecule has 0 spiro atoms. The molecule has 0 nitrogen and oxygen atoms in total. The number of hydrogen-bond donors (Lipinski definition) is 2. The SMILES string of the molecule is SSSS.[H-].[Na+].[V]. The maximum absolute atomic E-state index is 3.72. The first-order valence-corrected chi connectivity index (χ1v) is 4.79. The molecule has 6 heteroatoms. The van der Waals surface area contributed by atoms with E-state index in [1.54, 1.807) is 0 Å². The molecule has 0 bridgehead atoms. The van der Waals surface area contributed by atoms with Gasteiger partial charge in [0.2, 0.25) is 0 Å². The molecule has 0 rings (SSSR count). The molecule has 0 aromatic heterocycles. The van der Waals surface area contributed by atoms with Crippen LogP contribution in [0.25, 0.3) is 0 Å². The van der Waals surface area contributed by atoms with Gasteiger partial charge in [0.05, 0.1) is 0 Å². The van der Waals surface area contributed by atoms with Crippen molar-refractivity contribution in [3.63, 3.8) is 0 Å². The molecular formula is H3NaS4V. The van der Waals surface area contributed by atoms with Crippen LogP contribution in [-0.4, -0.2) is 0 Å². The molecule has 1 radical (unpaired) electrons. The zero-order valence-electron chi connectivity index (χ0n) is 4.16. The Hall–Kier alpha value is 2.98. The van der Waals surface area contributed by atoms with Crippen LogP contribution in [0, 0.1) is 0 Å². The summed E-state index contributed by atoms with van der Waals surface area (Å²) in [6.07, 6.45) is 0. The van der Waals surface area contributed by atoms with Crippen LogP contribution in [-0.2, 0) is 18.6 Å². The fourth-order valence-corrected chi connectivity index (χ4v) is 0. The first kappa shape index (κ1) is 16.0. The van der Waals surface area contributed by atoms with Crippen LogP contribution < -0.4 is 29.6 Å². The minimum atomic E-state index is 0. The zero-order valence-corrected chi connectivity index (χ0v) is 9.98. The summed E-state index contributed by atoms with van der Waals surface area (Å²) in [5.74, 6) is 0. The first-order chi connectivity index (χ1) is 1.91. The quantitative estimate of drug-likeness (QED) is 0.326. The van der Waals surface area contributed by atoms with Gasteiger partial charge in [-0.2, -0.15) is 0 Å². The molecule has 0 aliphatic carbocycles. The number of hydrogen-bond acceptors (Lipinski definition) is 4. The Bertz CT molecular complexity index is 13.7. The van der Waals surface area contributed by atoms with E-state index in [4.69, 9.17) is 0 Å². The van der Waals surface area contributed by atoms with Gasteiger partial charge in [-0.15, -0.1) is 0 Å². The third-order valence-electron chi connectivity index (χ3n) is 0.0333. The predicted octanol–water partition coefficient (Wildman–Crippen LogP) is -0.829. The summed E-state index contributed by atoms with van der Waals surface area (Å²) in [6, 6.07) is 0. The molecule has 0 saturated carbocycles. The molecule has 0 atom stereocenters. The van der Waals surface area contributed by atoms with Crippen molar-refractivity contribution in [3.05, 3.63) is 0 Å². The molecule has 0 amide bonds. The summed E-state index contributed by atoms with van der Waals surface area (Å²) < 4.78 is 0. The van der Waals surface area contributed by atoms with E-state index in [9.17, 15) is 0 Å². The average molecular weight is 205 g/mol. The second-order valence-corrected chi connectivity index (χ2v) is 4.02. The Balaban J connectivity index is -0.0000000150. The summed E-state index contributed by atoms with van der Waals surface area (Å²) in [7, 11) is 2.66. The van der Waals surface area contributed by atoms with Gasteiger partial charge in [0, 0.05) is 18.6 Å². The second kappa shape index (κ2) is 15.7. The topological polar surface area (TPSA) is 0 Å². The molecular weight excluding hydrogens is 202 g/mol. The summed E-state index contributed by atoms with van der Waals surface area (Å²) in [4.78, 5) is 0. The standard InChI is InChI=1S/Na.H2S4.V.H/c;1-3-4-2;;/h;1-2H;;/q+1;;;-1. The molecule has 0 unspecified atom stereocenters. The van der Waals surface area contributed by atoms with Gasteiger partial charge in [-0.3, -0.25) is 0 Å². The van der Waals surface area contributed by atoms with Crippen LogP contribution in [0.5, 0.6) is 0 Å². The van der Waals surface area contributed by atoms with Crippen molar-refractivity contribution in [2.24, 2.45) is 0 Å². The van der Waals surface area contributed by atoms with Crippen LogP contribution in [0.15, 0.2) is 0 Å². The van der Waals surface area contributed by atoms with E-state index in [1.165, 1.54) is 19.7 Å². The van der Waals surface area contributed by atoms with Crippen LogP contribution in [0.1, 0.15) is 1.43 Å². The van der Waals surface area contributed by atoms with Crippen molar-refractivity contribution >= 4 is 43.0 Å². The van der Waals surface area contributed by atoms with E-state index in [1.807, 2.05) is 0 Å². The van der Waals surface area contributed by atoms with Crippen molar-refractivity contribution in [1.82, 2.24) is 0 Å². The van der Waals surface area contributed by atoms with E-state index in [0.29, 0.717) is 0 Å². The van der Waals surface area contributed by atoms with Gasteiger partial charge >= 0.3 is 29.6 Å². The molecule has 0 saturated heterocycles. The van der Waals surface area contributed by atoms with Gasteiger partial charge in [0.1, 0.15) is 0 Å². The van der Waals surface area contributed by atoms with Gasteiger partial charge < -0.3 is 1.43 Å².